The van der Waals surface area contributed by atoms with Crippen LogP contribution in [0.1, 0.15) is 19.8 Å². The Labute approximate surface area is 152 Å². The smallest absolute Gasteiger partial charge is 0.228 e. The van der Waals surface area contributed by atoms with Gasteiger partial charge in [-0.15, -0.1) is 0 Å². The lowest BCUT2D eigenvalue weighted by Crippen LogP contribution is -2.28. The molecule has 1 aromatic heterocycles. The molecule has 136 valence electrons. The molecule has 0 saturated carbocycles. The van der Waals surface area contributed by atoms with Crippen LogP contribution >= 0.6 is 0 Å². The van der Waals surface area contributed by atoms with Gasteiger partial charge < -0.3 is 20.7 Å². The third kappa shape index (κ3) is 5.03. The third-order valence-electron chi connectivity index (χ3n) is 4.08. The fraction of sp³-hybridized carbons (Fsp3) is 0.316. The fourth-order valence-corrected chi connectivity index (χ4v) is 2.77. The molecule has 3 rings (SSSR count). The van der Waals surface area contributed by atoms with E-state index in [1.165, 1.54) is 6.92 Å². The van der Waals surface area contributed by atoms with E-state index >= 15 is 0 Å². The van der Waals surface area contributed by atoms with Crippen molar-refractivity contribution >= 4 is 34.7 Å². The molecule has 7 nitrogen and oxygen atoms in total. The van der Waals surface area contributed by atoms with Crippen LogP contribution in [0.5, 0.6) is 0 Å². The Balaban J connectivity index is 1.59. The summed E-state index contributed by atoms with van der Waals surface area (Å²) in [5, 5.41) is 8.81. The number of carbonyl (C=O) groups excluding carboxylic acids is 2. The Hall–Kier alpha value is -2.93. The van der Waals surface area contributed by atoms with E-state index in [9.17, 15) is 9.59 Å². The molecule has 0 atom stereocenters. The second kappa shape index (κ2) is 8.44. The van der Waals surface area contributed by atoms with Crippen LogP contribution in [0.2, 0.25) is 0 Å². The maximum atomic E-state index is 12.2. The van der Waals surface area contributed by atoms with Gasteiger partial charge in [0.15, 0.2) is 0 Å². The standard InChI is InChI=1S/C19H22N4O3/c1-13(24)21-15-3-2-4-16(11-15)22-17-5-6-18(20-12-17)23-19(25)14-7-9-26-10-8-14/h2-6,11-12,14,22H,7-10H2,1H3,(H,21,24)(H,20,23,25). The van der Waals surface area contributed by atoms with E-state index in [1.54, 1.807) is 12.3 Å². The Bertz CT molecular complexity index is 771. The zero-order valence-corrected chi connectivity index (χ0v) is 14.6. The second-order valence-corrected chi connectivity index (χ2v) is 6.20. The molecule has 2 heterocycles. The largest absolute Gasteiger partial charge is 0.381 e. The van der Waals surface area contributed by atoms with Crippen LogP contribution in [0.25, 0.3) is 0 Å². The lowest BCUT2D eigenvalue weighted by atomic mass is 9.99. The molecule has 3 N–H and O–H groups in total. The topological polar surface area (TPSA) is 92.4 Å². The lowest BCUT2D eigenvalue weighted by molar-refractivity contribution is -0.122. The average Bonchev–Trinajstić information content (AvgIpc) is 2.64. The molecule has 2 amide bonds. The van der Waals surface area contributed by atoms with Gasteiger partial charge in [0, 0.05) is 37.4 Å². The number of hydrogen-bond donors (Lipinski definition) is 3. The number of amides is 2. The van der Waals surface area contributed by atoms with Crippen LogP contribution in [-0.2, 0) is 14.3 Å². The summed E-state index contributed by atoms with van der Waals surface area (Å²) < 4.78 is 5.27. The van der Waals surface area contributed by atoms with Crippen molar-refractivity contribution in [2.45, 2.75) is 19.8 Å². The molecule has 1 aromatic carbocycles. The number of benzene rings is 1. The highest BCUT2D eigenvalue weighted by molar-refractivity contribution is 5.92. The summed E-state index contributed by atoms with van der Waals surface area (Å²) in [7, 11) is 0. The van der Waals surface area contributed by atoms with Crippen molar-refractivity contribution in [3.05, 3.63) is 42.6 Å². The quantitative estimate of drug-likeness (QED) is 0.767. The van der Waals surface area contributed by atoms with Crippen molar-refractivity contribution in [2.75, 3.05) is 29.2 Å². The highest BCUT2D eigenvalue weighted by atomic mass is 16.5. The first kappa shape index (κ1) is 17.9. The summed E-state index contributed by atoms with van der Waals surface area (Å²) in [6, 6.07) is 11.0. The molecule has 0 spiro atoms. The van der Waals surface area contributed by atoms with Gasteiger partial charge in [0.05, 0.1) is 11.9 Å². The van der Waals surface area contributed by atoms with Crippen LogP contribution in [-0.4, -0.2) is 30.0 Å². The van der Waals surface area contributed by atoms with Gasteiger partial charge in [0.1, 0.15) is 5.82 Å². The summed E-state index contributed by atoms with van der Waals surface area (Å²) >= 11 is 0. The van der Waals surface area contributed by atoms with Crippen LogP contribution in [0.3, 0.4) is 0 Å². The normalized spacial score (nSPS) is 14.5. The minimum Gasteiger partial charge on any atom is -0.381 e. The van der Waals surface area contributed by atoms with E-state index in [0.717, 1.165) is 29.9 Å². The maximum absolute atomic E-state index is 12.2. The van der Waals surface area contributed by atoms with E-state index in [4.69, 9.17) is 4.74 Å². The van der Waals surface area contributed by atoms with Crippen LogP contribution < -0.4 is 16.0 Å². The van der Waals surface area contributed by atoms with Crippen LogP contribution in [0.15, 0.2) is 42.6 Å². The minimum atomic E-state index is -0.117. The van der Waals surface area contributed by atoms with Gasteiger partial charge in [-0.05, 0) is 43.2 Å². The minimum absolute atomic E-state index is 0.00971. The Morgan fingerprint density at radius 3 is 2.50 bits per heavy atom. The fourth-order valence-electron chi connectivity index (χ4n) is 2.77. The molecular weight excluding hydrogens is 332 g/mol. The summed E-state index contributed by atoms with van der Waals surface area (Å²) in [5.74, 6) is 0.386. The maximum Gasteiger partial charge on any atom is 0.228 e. The first-order valence-corrected chi connectivity index (χ1v) is 8.59. The lowest BCUT2D eigenvalue weighted by Gasteiger charge is -2.20. The summed E-state index contributed by atoms with van der Waals surface area (Å²) in [5.41, 5.74) is 2.34. The van der Waals surface area contributed by atoms with Crippen LogP contribution in [0, 0.1) is 5.92 Å². The molecule has 1 aliphatic heterocycles. The molecule has 0 bridgehead atoms. The van der Waals surface area contributed by atoms with Gasteiger partial charge in [-0.2, -0.15) is 0 Å². The van der Waals surface area contributed by atoms with Crippen molar-refractivity contribution in [3.8, 4) is 0 Å². The van der Waals surface area contributed by atoms with Crippen molar-refractivity contribution in [2.24, 2.45) is 5.92 Å². The Morgan fingerprint density at radius 1 is 1.04 bits per heavy atom. The number of aromatic nitrogens is 1. The van der Waals surface area contributed by atoms with E-state index in [-0.39, 0.29) is 17.7 Å². The molecule has 7 heteroatoms. The van der Waals surface area contributed by atoms with Crippen molar-refractivity contribution in [1.29, 1.82) is 0 Å². The van der Waals surface area contributed by atoms with E-state index in [1.807, 2.05) is 30.3 Å². The first-order valence-electron chi connectivity index (χ1n) is 8.59. The zero-order chi connectivity index (χ0) is 18.4. The molecular formula is C19H22N4O3. The summed E-state index contributed by atoms with van der Waals surface area (Å²) in [4.78, 5) is 27.6. The zero-order valence-electron chi connectivity index (χ0n) is 14.6. The number of anilines is 4. The first-order chi connectivity index (χ1) is 12.6. The predicted molar refractivity (Wildman–Crippen MR) is 100 cm³/mol. The highest BCUT2D eigenvalue weighted by Gasteiger charge is 2.21. The second-order valence-electron chi connectivity index (χ2n) is 6.20. The van der Waals surface area contributed by atoms with Gasteiger partial charge in [-0.3, -0.25) is 9.59 Å². The summed E-state index contributed by atoms with van der Waals surface area (Å²) in [6.07, 6.45) is 3.15. The van der Waals surface area contributed by atoms with E-state index < -0.39 is 0 Å². The SMILES string of the molecule is CC(=O)Nc1cccc(Nc2ccc(NC(=O)C3CCOCC3)nc2)c1. The number of ether oxygens (including phenoxy) is 1. The van der Waals surface area contributed by atoms with Gasteiger partial charge in [0.2, 0.25) is 11.8 Å². The molecule has 1 aliphatic rings. The number of nitrogens with one attached hydrogen (secondary N) is 3. The Morgan fingerprint density at radius 2 is 1.81 bits per heavy atom. The average molecular weight is 354 g/mol. The van der Waals surface area contributed by atoms with Gasteiger partial charge in [-0.25, -0.2) is 4.98 Å². The molecule has 0 unspecified atom stereocenters. The van der Waals surface area contributed by atoms with Gasteiger partial charge in [-0.1, -0.05) is 6.07 Å². The monoisotopic (exact) mass is 354 g/mol. The number of hydrogen-bond acceptors (Lipinski definition) is 5. The molecule has 26 heavy (non-hydrogen) atoms. The Kier molecular flexibility index (Phi) is 5.80. The highest BCUT2D eigenvalue weighted by Crippen LogP contribution is 2.21. The number of rotatable bonds is 5. The third-order valence-corrected chi connectivity index (χ3v) is 4.08. The molecule has 1 fully saturated rings. The van der Waals surface area contributed by atoms with E-state index in [0.29, 0.717) is 19.0 Å². The molecule has 0 radical (unpaired) electrons. The summed E-state index contributed by atoms with van der Waals surface area (Å²) in [6.45, 7) is 2.73. The number of nitrogens with zero attached hydrogens (tertiary/aromatic N) is 1. The van der Waals surface area contributed by atoms with Gasteiger partial charge in [0.25, 0.3) is 0 Å². The molecule has 0 aliphatic carbocycles. The van der Waals surface area contributed by atoms with Crippen molar-refractivity contribution in [1.82, 2.24) is 4.98 Å². The molecule has 2 aromatic rings. The van der Waals surface area contributed by atoms with Crippen molar-refractivity contribution < 1.29 is 14.3 Å². The van der Waals surface area contributed by atoms with Gasteiger partial charge >= 0.3 is 0 Å². The van der Waals surface area contributed by atoms with Crippen LogP contribution in [0.4, 0.5) is 22.9 Å². The van der Waals surface area contributed by atoms with Crippen molar-refractivity contribution in [3.63, 3.8) is 0 Å². The predicted octanol–water partition coefficient (Wildman–Crippen LogP) is 3.15. The van der Waals surface area contributed by atoms with E-state index in [2.05, 4.69) is 20.9 Å². The number of pyridine rings is 1. The molecule has 1 saturated heterocycles. The number of carbonyl (C=O) groups is 2.